The molecule has 3 nitrogen and oxygen atoms in total. The zero-order chi connectivity index (χ0) is 10.4. The third-order valence-corrected chi connectivity index (χ3v) is 2.81. The highest BCUT2D eigenvalue weighted by molar-refractivity contribution is 7.98. The van der Waals surface area contributed by atoms with Gasteiger partial charge in [0.05, 0.1) is 5.69 Å². The van der Waals surface area contributed by atoms with Crippen LogP contribution in [-0.4, -0.2) is 28.0 Å². The molecule has 78 valence electrons. The molecular formula is C10H17N3S. The van der Waals surface area contributed by atoms with Gasteiger partial charge in [0, 0.05) is 36.4 Å². The molecule has 1 rings (SSSR count). The summed E-state index contributed by atoms with van der Waals surface area (Å²) in [5.41, 5.74) is 1.00. The lowest BCUT2D eigenvalue weighted by Gasteiger charge is -2.18. The largest absolute Gasteiger partial charge is 0.305 e. The van der Waals surface area contributed by atoms with E-state index in [-0.39, 0.29) is 6.04 Å². The summed E-state index contributed by atoms with van der Waals surface area (Å²) >= 11 is 1.85. The van der Waals surface area contributed by atoms with Crippen LogP contribution in [0.2, 0.25) is 0 Å². The quantitative estimate of drug-likeness (QED) is 0.807. The van der Waals surface area contributed by atoms with Crippen LogP contribution >= 0.6 is 11.8 Å². The molecule has 1 aromatic rings. The van der Waals surface area contributed by atoms with E-state index in [0.29, 0.717) is 6.04 Å². The van der Waals surface area contributed by atoms with Crippen LogP contribution < -0.4 is 5.32 Å². The highest BCUT2D eigenvalue weighted by Gasteiger charge is 2.09. The average molecular weight is 211 g/mol. The van der Waals surface area contributed by atoms with Crippen molar-refractivity contribution in [1.29, 1.82) is 0 Å². The first-order chi connectivity index (χ1) is 6.74. The third-order valence-electron chi connectivity index (χ3n) is 1.98. The lowest BCUT2D eigenvalue weighted by atomic mass is 10.2. The van der Waals surface area contributed by atoms with Gasteiger partial charge in [-0.2, -0.15) is 11.8 Å². The molecule has 0 fully saturated rings. The van der Waals surface area contributed by atoms with Crippen molar-refractivity contribution in [1.82, 2.24) is 15.3 Å². The topological polar surface area (TPSA) is 37.8 Å². The molecule has 0 radical (unpaired) electrons. The number of thioether (sulfide) groups is 1. The van der Waals surface area contributed by atoms with Gasteiger partial charge in [-0.1, -0.05) is 0 Å². The molecule has 0 aliphatic carbocycles. The maximum atomic E-state index is 4.26. The standard InChI is InChI=1S/C10H17N3S/c1-8(7-14-3)13-9(2)10-6-11-4-5-12-10/h4-6,8-9,13H,7H2,1-3H3. The molecular weight excluding hydrogens is 194 g/mol. The Bertz CT molecular complexity index is 253. The van der Waals surface area contributed by atoms with Crippen LogP contribution in [0, 0.1) is 0 Å². The molecule has 0 bridgehead atoms. The van der Waals surface area contributed by atoms with Crippen molar-refractivity contribution in [2.75, 3.05) is 12.0 Å². The number of hydrogen-bond acceptors (Lipinski definition) is 4. The number of aromatic nitrogens is 2. The van der Waals surface area contributed by atoms with Crippen molar-refractivity contribution in [2.45, 2.75) is 25.9 Å². The smallest absolute Gasteiger partial charge is 0.0753 e. The fraction of sp³-hybridized carbons (Fsp3) is 0.600. The zero-order valence-corrected chi connectivity index (χ0v) is 9.71. The molecule has 0 saturated heterocycles. The Labute approximate surface area is 89.7 Å². The Morgan fingerprint density at radius 1 is 1.43 bits per heavy atom. The lowest BCUT2D eigenvalue weighted by Crippen LogP contribution is -2.31. The maximum absolute atomic E-state index is 4.26. The normalized spacial score (nSPS) is 15.1. The molecule has 2 atom stereocenters. The molecule has 14 heavy (non-hydrogen) atoms. The van der Waals surface area contributed by atoms with Crippen molar-refractivity contribution in [3.05, 3.63) is 24.3 Å². The molecule has 1 N–H and O–H groups in total. The summed E-state index contributed by atoms with van der Waals surface area (Å²) in [7, 11) is 0. The van der Waals surface area contributed by atoms with Crippen LogP contribution in [0.5, 0.6) is 0 Å². The first-order valence-electron chi connectivity index (χ1n) is 4.75. The van der Waals surface area contributed by atoms with Gasteiger partial charge >= 0.3 is 0 Å². The molecule has 0 aliphatic heterocycles. The molecule has 2 unspecified atom stereocenters. The predicted molar refractivity (Wildman–Crippen MR) is 61.4 cm³/mol. The second-order valence-corrected chi connectivity index (χ2v) is 4.29. The van der Waals surface area contributed by atoms with Gasteiger partial charge in [-0.3, -0.25) is 9.97 Å². The molecule has 0 aliphatic rings. The van der Waals surface area contributed by atoms with Gasteiger partial charge < -0.3 is 5.32 Å². The minimum Gasteiger partial charge on any atom is -0.305 e. The van der Waals surface area contributed by atoms with E-state index in [4.69, 9.17) is 0 Å². The van der Waals surface area contributed by atoms with Gasteiger partial charge in [-0.15, -0.1) is 0 Å². The highest BCUT2D eigenvalue weighted by Crippen LogP contribution is 2.08. The van der Waals surface area contributed by atoms with Crippen molar-refractivity contribution >= 4 is 11.8 Å². The van der Waals surface area contributed by atoms with E-state index in [1.54, 1.807) is 12.4 Å². The summed E-state index contributed by atoms with van der Waals surface area (Å²) in [6.45, 7) is 4.30. The Morgan fingerprint density at radius 3 is 2.79 bits per heavy atom. The molecule has 0 aromatic carbocycles. The summed E-state index contributed by atoms with van der Waals surface area (Å²) < 4.78 is 0. The number of rotatable bonds is 5. The average Bonchev–Trinajstić information content (AvgIpc) is 2.19. The zero-order valence-electron chi connectivity index (χ0n) is 8.90. The first-order valence-corrected chi connectivity index (χ1v) is 6.14. The van der Waals surface area contributed by atoms with Gasteiger partial charge in [0.25, 0.3) is 0 Å². The Hall–Kier alpha value is -0.610. The maximum Gasteiger partial charge on any atom is 0.0753 e. The number of nitrogens with zero attached hydrogens (tertiary/aromatic N) is 2. The van der Waals surface area contributed by atoms with Crippen molar-refractivity contribution < 1.29 is 0 Å². The van der Waals surface area contributed by atoms with E-state index >= 15 is 0 Å². The SMILES string of the molecule is CSCC(C)NC(C)c1cnccn1. The fourth-order valence-corrected chi connectivity index (χ4v) is 1.94. The Kier molecular flexibility index (Phi) is 4.90. The molecule has 0 amide bonds. The van der Waals surface area contributed by atoms with Gasteiger partial charge in [0.1, 0.15) is 0 Å². The van der Waals surface area contributed by atoms with E-state index < -0.39 is 0 Å². The van der Waals surface area contributed by atoms with E-state index in [1.165, 1.54) is 0 Å². The second kappa shape index (κ2) is 5.98. The van der Waals surface area contributed by atoms with Gasteiger partial charge in [-0.25, -0.2) is 0 Å². The summed E-state index contributed by atoms with van der Waals surface area (Å²) in [4.78, 5) is 8.31. The van der Waals surface area contributed by atoms with Crippen LogP contribution in [0.15, 0.2) is 18.6 Å². The summed E-state index contributed by atoms with van der Waals surface area (Å²) in [5.74, 6) is 1.12. The van der Waals surface area contributed by atoms with Gasteiger partial charge in [-0.05, 0) is 20.1 Å². The monoisotopic (exact) mass is 211 g/mol. The van der Waals surface area contributed by atoms with E-state index in [2.05, 4.69) is 35.4 Å². The summed E-state index contributed by atoms with van der Waals surface area (Å²) in [6.07, 6.45) is 7.35. The minimum atomic E-state index is 0.269. The first kappa shape index (κ1) is 11.5. The van der Waals surface area contributed by atoms with Crippen LogP contribution in [0.3, 0.4) is 0 Å². The van der Waals surface area contributed by atoms with Crippen LogP contribution in [0.25, 0.3) is 0 Å². The van der Waals surface area contributed by atoms with E-state index in [0.717, 1.165) is 11.4 Å². The molecule has 1 heterocycles. The van der Waals surface area contributed by atoms with Gasteiger partial charge in [0.15, 0.2) is 0 Å². The highest BCUT2D eigenvalue weighted by atomic mass is 32.2. The Morgan fingerprint density at radius 2 is 2.21 bits per heavy atom. The van der Waals surface area contributed by atoms with Gasteiger partial charge in [0.2, 0.25) is 0 Å². The summed E-state index contributed by atoms with van der Waals surface area (Å²) in [5, 5.41) is 3.47. The number of nitrogens with one attached hydrogen (secondary N) is 1. The molecule has 0 spiro atoms. The van der Waals surface area contributed by atoms with Crippen LogP contribution in [-0.2, 0) is 0 Å². The molecule has 4 heteroatoms. The molecule has 1 aromatic heterocycles. The van der Waals surface area contributed by atoms with Crippen molar-refractivity contribution in [2.24, 2.45) is 0 Å². The summed E-state index contributed by atoms with van der Waals surface area (Å²) in [6, 6.07) is 0.771. The minimum absolute atomic E-state index is 0.269. The molecule has 0 saturated carbocycles. The van der Waals surface area contributed by atoms with E-state index in [9.17, 15) is 0 Å². The van der Waals surface area contributed by atoms with Crippen LogP contribution in [0.4, 0.5) is 0 Å². The predicted octanol–water partition coefficient (Wildman–Crippen LogP) is 1.88. The van der Waals surface area contributed by atoms with E-state index in [1.807, 2.05) is 18.0 Å². The Balaban J connectivity index is 2.46. The second-order valence-electron chi connectivity index (χ2n) is 3.38. The van der Waals surface area contributed by atoms with Crippen molar-refractivity contribution in [3.8, 4) is 0 Å². The number of hydrogen-bond donors (Lipinski definition) is 1. The fourth-order valence-electron chi connectivity index (χ4n) is 1.34. The third kappa shape index (κ3) is 3.64. The van der Waals surface area contributed by atoms with Crippen molar-refractivity contribution in [3.63, 3.8) is 0 Å². The van der Waals surface area contributed by atoms with Crippen LogP contribution in [0.1, 0.15) is 25.6 Å². The lowest BCUT2D eigenvalue weighted by molar-refractivity contribution is 0.501.